The number of nitrogens with one attached hydrogen (secondary N) is 1. The van der Waals surface area contributed by atoms with E-state index in [1.54, 1.807) is 6.08 Å². The van der Waals surface area contributed by atoms with E-state index in [2.05, 4.69) is 67.8 Å². The number of hydrogen-bond acceptors (Lipinski definition) is 10. The molecular formula is C79H145NO10. The molecule has 1 heterocycles. The van der Waals surface area contributed by atoms with Crippen molar-refractivity contribution in [3.05, 3.63) is 60.8 Å². The molecule has 11 nitrogen and oxygen atoms in total. The average Bonchev–Trinajstić information content (AvgIpc) is 2.62. The topological polar surface area (TPSA) is 175 Å². The Morgan fingerprint density at radius 3 is 1.18 bits per heavy atom. The fraction of sp³-hybridized carbons (Fsp3) is 0.848. The Kier molecular flexibility index (Phi) is 64.3. The van der Waals surface area contributed by atoms with Crippen LogP contribution in [0.15, 0.2) is 60.8 Å². The highest BCUT2D eigenvalue weighted by atomic mass is 16.7. The molecule has 0 aliphatic carbocycles. The number of allylic oxidation sites excluding steroid dienone is 9. The van der Waals surface area contributed by atoms with Crippen LogP contribution in [-0.4, -0.2) is 100 Å². The number of esters is 1. The third-order valence-corrected chi connectivity index (χ3v) is 18.1. The van der Waals surface area contributed by atoms with Crippen LogP contribution in [0.2, 0.25) is 0 Å². The summed E-state index contributed by atoms with van der Waals surface area (Å²) in [5, 5.41) is 54.3. The van der Waals surface area contributed by atoms with Gasteiger partial charge in [-0.05, 0) is 103 Å². The lowest BCUT2D eigenvalue weighted by atomic mass is 9.99. The van der Waals surface area contributed by atoms with E-state index >= 15 is 0 Å². The molecule has 0 aromatic rings. The monoisotopic (exact) mass is 1270 g/mol. The second-order valence-corrected chi connectivity index (χ2v) is 26.7. The van der Waals surface area contributed by atoms with Crippen molar-refractivity contribution in [2.45, 2.75) is 410 Å². The van der Waals surface area contributed by atoms with Gasteiger partial charge in [-0.1, -0.05) is 312 Å². The van der Waals surface area contributed by atoms with Gasteiger partial charge in [0.1, 0.15) is 24.4 Å². The molecule has 7 unspecified atom stereocenters. The van der Waals surface area contributed by atoms with Crippen LogP contribution in [0, 0.1) is 0 Å². The van der Waals surface area contributed by atoms with Gasteiger partial charge in [-0.2, -0.15) is 0 Å². The SMILES string of the molecule is CCCCCC/C=C/CC/C=C/C(O)C(COC1OC(CO)C(O)C(O)C1O)NC(=O)CCCCCCCCCCCCCCCCCCC/C=C\C/C=C\CCCCCCCCCCCOC(=O)CCCCCCCCCCC/C=C\CCCCCCCC. The number of unbranched alkanes of at least 4 members (excludes halogenated alkanes) is 46. The summed E-state index contributed by atoms with van der Waals surface area (Å²) in [5.41, 5.74) is 0. The molecule has 0 aromatic heterocycles. The van der Waals surface area contributed by atoms with Crippen LogP contribution < -0.4 is 5.32 Å². The number of aliphatic hydroxyl groups excluding tert-OH is 5. The zero-order valence-corrected chi connectivity index (χ0v) is 58.6. The summed E-state index contributed by atoms with van der Waals surface area (Å²) in [7, 11) is 0. The Hall–Kier alpha value is -2.64. The fourth-order valence-electron chi connectivity index (χ4n) is 12.0. The Morgan fingerprint density at radius 2 is 0.756 bits per heavy atom. The summed E-state index contributed by atoms with van der Waals surface area (Å²) in [5.74, 6) is -0.185. The minimum absolute atomic E-state index is 0.00639. The van der Waals surface area contributed by atoms with Gasteiger partial charge in [0, 0.05) is 12.8 Å². The second kappa shape index (κ2) is 67.8. The maximum Gasteiger partial charge on any atom is 0.305 e. The largest absolute Gasteiger partial charge is 0.466 e. The van der Waals surface area contributed by atoms with Crippen molar-refractivity contribution < 1.29 is 49.3 Å². The standard InChI is InChI=1S/C79H145NO10/c1-3-5-7-9-11-13-15-16-17-18-34-38-41-44-47-51-55-59-63-67-75(84)88-68-64-60-56-52-48-45-42-39-36-33-31-29-27-25-23-21-19-20-22-24-26-28-30-32-35-37-40-43-46-50-54-58-62-66-74(83)80-71(70-89-79-78(87)77(86)76(85)73(69-81)90-79)72(82)65-61-57-53-49-14-12-10-8-6-4-2/h14,16-17,23,25,29,31,49,61,65,71-73,76-79,81-82,85-87H,3-13,15,18-22,24,26-28,30,32-48,50-60,62-64,66-70H2,1-2H3,(H,80,83)/b17-16-,25-23-,31-29-,49-14+,65-61+. The molecule has 1 aliphatic heterocycles. The van der Waals surface area contributed by atoms with Crippen LogP contribution in [-0.2, 0) is 23.8 Å². The lowest BCUT2D eigenvalue weighted by Gasteiger charge is -2.40. The maximum atomic E-state index is 13.0. The second-order valence-electron chi connectivity index (χ2n) is 26.7. The Labute approximate surface area is 554 Å². The molecule has 0 saturated carbocycles. The molecule has 1 fully saturated rings. The van der Waals surface area contributed by atoms with Crippen molar-refractivity contribution in [2.24, 2.45) is 0 Å². The van der Waals surface area contributed by atoms with Crippen LogP contribution >= 0.6 is 0 Å². The van der Waals surface area contributed by atoms with Crippen LogP contribution in [0.1, 0.15) is 367 Å². The van der Waals surface area contributed by atoms with Gasteiger partial charge >= 0.3 is 5.97 Å². The van der Waals surface area contributed by atoms with E-state index in [0.29, 0.717) is 19.4 Å². The van der Waals surface area contributed by atoms with E-state index in [0.717, 1.165) is 64.2 Å². The molecule has 0 radical (unpaired) electrons. The molecule has 90 heavy (non-hydrogen) atoms. The van der Waals surface area contributed by atoms with Gasteiger partial charge in [0.2, 0.25) is 5.91 Å². The molecule has 1 aliphatic rings. The van der Waals surface area contributed by atoms with Gasteiger partial charge in [0.25, 0.3) is 0 Å². The third-order valence-electron chi connectivity index (χ3n) is 18.1. The predicted octanol–water partition coefficient (Wildman–Crippen LogP) is 20.5. The number of rotatable bonds is 68. The molecule has 0 spiro atoms. The molecule has 0 aromatic carbocycles. The molecular weight excluding hydrogens is 1120 g/mol. The molecule has 1 rings (SSSR count). The molecule has 526 valence electrons. The Balaban J connectivity index is 1.90. The fourth-order valence-corrected chi connectivity index (χ4v) is 12.0. The van der Waals surface area contributed by atoms with Crippen molar-refractivity contribution in [3.63, 3.8) is 0 Å². The van der Waals surface area contributed by atoms with E-state index in [9.17, 15) is 35.1 Å². The minimum Gasteiger partial charge on any atom is -0.466 e. The van der Waals surface area contributed by atoms with Gasteiger partial charge in [0.15, 0.2) is 6.29 Å². The van der Waals surface area contributed by atoms with E-state index in [-0.39, 0.29) is 18.5 Å². The summed E-state index contributed by atoms with van der Waals surface area (Å²) in [6.45, 7) is 4.32. The molecule has 1 saturated heterocycles. The lowest BCUT2D eigenvalue weighted by Crippen LogP contribution is -2.60. The molecule has 11 heteroatoms. The van der Waals surface area contributed by atoms with Gasteiger partial charge in [-0.15, -0.1) is 0 Å². The number of carbonyl (C=O) groups excluding carboxylic acids is 2. The summed E-state index contributed by atoms with van der Waals surface area (Å²) in [4.78, 5) is 25.2. The predicted molar refractivity (Wildman–Crippen MR) is 380 cm³/mol. The third kappa shape index (κ3) is 55.8. The van der Waals surface area contributed by atoms with Crippen molar-refractivity contribution >= 4 is 11.9 Å². The van der Waals surface area contributed by atoms with E-state index in [1.807, 2.05) is 6.08 Å². The quantitative estimate of drug-likeness (QED) is 0.0195. The first-order chi connectivity index (χ1) is 44.2. The lowest BCUT2D eigenvalue weighted by molar-refractivity contribution is -0.302. The smallest absolute Gasteiger partial charge is 0.305 e. The highest BCUT2D eigenvalue weighted by Gasteiger charge is 2.44. The van der Waals surface area contributed by atoms with Crippen LogP contribution in [0.5, 0.6) is 0 Å². The van der Waals surface area contributed by atoms with Crippen molar-refractivity contribution in [2.75, 3.05) is 19.8 Å². The van der Waals surface area contributed by atoms with Crippen LogP contribution in [0.3, 0.4) is 0 Å². The van der Waals surface area contributed by atoms with Gasteiger partial charge in [-0.3, -0.25) is 9.59 Å². The number of aliphatic hydroxyl groups is 5. The first-order valence-corrected chi connectivity index (χ1v) is 38.6. The summed E-state index contributed by atoms with van der Waals surface area (Å²) in [6, 6.07) is -0.826. The van der Waals surface area contributed by atoms with Crippen molar-refractivity contribution in [1.82, 2.24) is 5.32 Å². The Morgan fingerprint density at radius 1 is 0.411 bits per heavy atom. The van der Waals surface area contributed by atoms with Crippen LogP contribution in [0.25, 0.3) is 0 Å². The van der Waals surface area contributed by atoms with Crippen molar-refractivity contribution in [1.29, 1.82) is 0 Å². The number of carbonyl (C=O) groups is 2. The molecule has 1 amide bonds. The van der Waals surface area contributed by atoms with Crippen molar-refractivity contribution in [3.8, 4) is 0 Å². The first kappa shape index (κ1) is 85.4. The van der Waals surface area contributed by atoms with E-state index < -0.39 is 49.5 Å². The minimum atomic E-state index is -1.58. The summed E-state index contributed by atoms with van der Waals surface area (Å²) in [6.07, 6.45) is 81.1. The molecule has 6 N–H and O–H groups in total. The number of hydrogen-bond donors (Lipinski definition) is 6. The maximum absolute atomic E-state index is 13.0. The van der Waals surface area contributed by atoms with E-state index in [4.69, 9.17) is 14.2 Å². The first-order valence-electron chi connectivity index (χ1n) is 38.6. The van der Waals surface area contributed by atoms with Gasteiger partial charge in [0.05, 0.1) is 32.0 Å². The molecule has 7 atom stereocenters. The van der Waals surface area contributed by atoms with Gasteiger partial charge in [-0.25, -0.2) is 0 Å². The van der Waals surface area contributed by atoms with E-state index in [1.165, 1.54) is 276 Å². The molecule has 0 bridgehead atoms. The van der Waals surface area contributed by atoms with Crippen LogP contribution in [0.4, 0.5) is 0 Å². The average molecular weight is 1270 g/mol. The zero-order chi connectivity index (χ0) is 65.1. The normalized spacial score (nSPS) is 18.0. The zero-order valence-electron chi connectivity index (χ0n) is 58.6. The summed E-state index contributed by atoms with van der Waals surface area (Å²) < 4.78 is 16.7. The van der Waals surface area contributed by atoms with Gasteiger partial charge < -0.3 is 45.1 Å². The number of amides is 1. The Bertz CT molecular complexity index is 1680. The highest BCUT2D eigenvalue weighted by molar-refractivity contribution is 5.76. The highest BCUT2D eigenvalue weighted by Crippen LogP contribution is 2.23. The number of ether oxygens (including phenoxy) is 3. The summed E-state index contributed by atoms with van der Waals surface area (Å²) >= 11 is 0.